The zero-order chi connectivity index (χ0) is 12.4. The second-order valence-electron chi connectivity index (χ2n) is 3.96. The lowest BCUT2D eigenvalue weighted by atomic mass is 10.0. The Morgan fingerprint density at radius 2 is 2.19 bits per heavy atom. The predicted octanol–water partition coefficient (Wildman–Crippen LogP) is 3.16. The molecule has 2 heteroatoms. The standard InChI is InChI=1S/C10H12O.C4H10O/c1-3-8-11-10-6-4-9(2)5-7-10;1-4(2)5-3/h1,4,6-7,9H,5,8H2,2H3;4H,1-3H3. The van der Waals surface area contributed by atoms with Gasteiger partial charge in [-0.15, -0.1) is 6.42 Å². The van der Waals surface area contributed by atoms with Gasteiger partial charge in [0.25, 0.3) is 0 Å². The van der Waals surface area contributed by atoms with Crippen molar-refractivity contribution in [1.82, 2.24) is 0 Å². The van der Waals surface area contributed by atoms with Crippen LogP contribution in [0.15, 0.2) is 24.0 Å². The SMILES string of the molecule is C#CCOC1=CCC(C)C=C1.COC(C)C. The van der Waals surface area contributed by atoms with Crippen molar-refractivity contribution in [2.24, 2.45) is 5.92 Å². The highest BCUT2D eigenvalue weighted by atomic mass is 16.5. The summed E-state index contributed by atoms with van der Waals surface area (Å²) in [4.78, 5) is 0. The third-order valence-electron chi connectivity index (χ3n) is 2.07. The first-order valence-electron chi connectivity index (χ1n) is 5.57. The fourth-order valence-electron chi connectivity index (χ4n) is 0.940. The fourth-order valence-corrected chi connectivity index (χ4v) is 0.940. The molecule has 0 aromatic carbocycles. The van der Waals surface area contributed by atoms with E-state index < -0.39 is 0 Å². The Hall–Kier alpha value is -1.20. The third kappa shape index (κ3) is 8.14. The van der Waals surface area contributed by atoms with Gasteiger partial charge in [0.2, 0.25) is 0 Å². The van der Waals surface area contributed by atoms with E-state index in [1.165, 1.54) is 0 Å². The minimum atomic E-state index is 0.366. The average molecular weight is 222 g/mol. The quantitative estimate of drug-likeness (QED) is 0.683. The summed E-state index contributed by atoms with van der Waals surface area (Å²) >= 11 is 0. The maximum atomic E-state index is 5.22. The molecule has 2 nitrogen and oxygen atoms in total. The van der Waals surface area contributed by atoms with E-state index in [1.54, 1.807) is 7.11 Å². The molecule has 0 aromatic heterocycles. The molecule has 16 heavy (non-hydrogen) atoms. The van der Waals surface area contributed by atoms with E-state index in [2.05, 4.69) is 25.0 Å². The van der Waals surface area contributed by atoms with Crippen LogP contribution in [-0.2, 0) is 9.47 Å². The molecule has 0 heterocycles. The Morgan fingerprint density at radius 1 is 1.56 bits per heavy atom. The minimum absolute atomic E-state index is 0.366. The van der Waals surface area contributed by atoms with Gasteiger partial charge in [-0.25, -0.2) is 0 Å². The smallest absolute Gasteiger partial charge is 0.148 e. The lowest BCUT2D eigenvalue weighted by molar-refractivity contribution is 0.134. The molecule has 0 saturated heterocycles. The molecule has 1 aliphatic carbocycles. The van der Waals surface area contributed by atoms with Crippen LogP contribution in [0, 0.1) is 18.3 Å². The van der Waals surface area contributed by atoms with Gasteiger partial charge in [-0.3, -0.25) is 0 Å². The highest BCUT2D eigenvalue weighted by molar-refractivity contribution is 5.18. The number of terminal acetylenes is 1. The van der Waals surface area contributed by atoms with E-state index >= 15 is 0 Å². The maximum Gasteiger partial charge on any atom is 0.148 e. The summed E-state index contributed by atoms with van der Waals surface area (Å²) in [6.45, 7) is 6.54. The van der Waals surface area contributed by atoms with Crippen LogP contribution in [0.25, 0.3) is 0 Å². The molecule has 90 valence electrons. The summed E-state index contributed by atoms with van der Waals surface area (Å²) < 4.78 is 9.97. The number of methoxy groups -OCH3 is 1. The maximum absolute atomic E-state index is 5.22. The summed E-state index contributed by atoms with van der Waals surface area (Å²) in [5, 5.41) is 0. The summed E-state index contributed by atoms with van der Waals surface area (Å²) in [5.74, 6) is 3.97. The number of rotatable bonds is 3. The second kappa shape index (κ2) is 9.06. The van der Waals surface area contributed by atoms with Crippen molar-refractivity contribution < 1.29 is 9.47 Å². The molecule has 0 spiro atoms. The van der Waals surface area contributed by atoms with E-state index in [0.29, 0.717) is 18.6 Å². The third-order valence-corrected chi connectivity index (χ3v) is 2.07. The van der Waals surface area contributed by atoms with Crippen molar-refractivity contribution in [2.45, 2.75) is 33.3 Å². The Balaban J connectivity index is 0.000000385. The summed E-state index contributed by atoms with van der Waals surface area (Å²) in [6.07, 6.45) is 12.7. The average Bonchev–Trinajstić information content (AvgIpc) is 2.29. The van der Waals surface area contributed by atoms with Gasteiger partial charge in [-0.05, 0) is 38.3 Å². The van der Waals surface area contributed by atoms with E-state index in [9.17, 15) is 0 Å². The zero-order valence-corrected chi connectivity index (χ0v) is 10.7. The van der Waals surface area contributed by atoms with E-state index in [4.69, 9.17) is 15.9 Å². The summed E-state index contributed by atoms with van der Waals surface area (Å²) in [7, 11) is 1.70. The van der Waals surface area contributed by atoms with Gasteiger partial charge in [-0.2, -0.15) is 0 Å². The Labute approximate surface area is 99.3 Å². The van der Waals surface area contributed by atoms with Crippen LogP contribution in [0.5, 0.6) is 0 Å². The van der Waals surface area contributed by atoms with Gasteiger partial charge in [0, 0.05) is 7.11 Å². The number of hydrogen-bond acceptors (Lipinski definition) is 2. The second-order valence-corrected chi connectivity index (χ2v) is 3.96. The molecule has 1 atom stereocenters. The first kappa shape index (κ1) is 14.8. The summed E-state index contributed by atoms with van der Waals surface area (Å²) in [6, 6.07) is 0. The molecule has 0 aliphatic heterocycles. The van der Waals surface area contributed by atoms with Crippen molar-refractivity contribution in [3.8, 4) is 12.3 Å². The van der Waals surface area contributed by atoms with Crippen molar-refractivity contribution in [1.29, 1.82) is 0 Å². The van der Waals surface area contributed by atoms with Crippen LogP contribution in [0.3, 0.4) is 0 Å². The van der Waals surface area contributed by atoms with Crippen molar-refractivity contribution >= 4 is 0 Å². The number of hydrogen-bond donors (Lipinski definition) is 0. The number of allylic oxidation sites excluding steroid dienone is 3. The predicted molar refractivity (Wildman–Crippen MR) is 67.9 cm³/mol. The molecule has 1 unspecified atom stereocenters. The molecule has 0 radical (unpaired) electrons. The molecule has 0 amide bonds. The van der Waals surface area contributed by atoms with Gasteiger partial charge < -0.3 is 9.47 Å². The topological polar surface area (TPSA) is 18.5 Å². The van der Waals surface area contributed by atoms with Crippen molar-refractivity contribution in [2.75, 3.05) is 13.7 Å². The van der Waals surface area contributed by atoms with Gasteiger partial charge in [0.1, 0.15) is 12.4 Å². The zero-order valence-electron chi connectivity index (χ0n) is 10.7. The fraction of sp³-hybridized carbons (Fsp3) is 0.571. The highest BCUT2D eigenvalue weighted by Crippen LogP contribution is 2.15. The van der Waals surface area contributed by atoms with Crippen molar-refractivity contribution in [3.63, 3.8) is 0 Å². The van der Waals surface area contributed by atoms with Gasteiger partial charge in [-0.1, -0.05) is 18.9 Å². The molecule has 0 bridgehead atoms. The van der Waals surface area contributed by atoms with E-state index in [0.717, 1.165) is 12.2 Å². The lowest BCUT2D eigenvalue weighted by Crippen LogP contribution is -1.97. The Kier molecular flexibility index (Phi) is 8.38. The Morgan fingerprint density at radius 3 is 2.56 bits per heavy atom. The van der Waals surface area contributed by atoms with Crippen LogP contribution in [0.2, 0.25) is 0 Å². The number of ether oxygens (including phenoxy) is 2. The monoisotopic (exact) mass is 222 g/mol. The van der Waals surface area contributed by atoms with Crippen LogP contribution in [0.1, 0.15) is 27.2 Å². The first-order chi connectivity index (χ1) is 7.60. The van der Waals surface area contributed by atoms with Crippen LogP contribution < -0.4 is 0 Å². The lowest BCUT2D eigenvalue weighted by Gasteiger charge is -2.10. The molecule has 0 fully saturated rings. The Bertz CT molecular complexity index is 269. The molecule has 0 aromatic rings. The van der Waals surface area contributed by atoms with Gasteiger partial charge in [0.15, 0.2) is 0 Å². The first-order valence-corrected chi connectivity index (χ1v) is 5.57. The summed E-state index contributed by atoms with van der Waals surface area (Å²) in [5.41, 5.74) is 0. The van der Waals surface area contributed by atoms with Crippen LogP contribution in [-0.4, -0.2) is 19.8 Å². The molecule has 0 saturated carbocycles. The van der Waals surface area contributed by atoms with E-state index in [1.807, 2.05) is 19.9 Å². The molecule has 0 N–H and O–H groups in total. The van der Waals surface area contributed by atoms with Crippen LogP contribution in [0.4, 0.5) is 0 Å². The van der Waals surface area contributed by atoms with Gasteiger partial charge in [0.05, 0.1) is 6.10 Å². The van der Waals surface area contributed by atoms with Gasteiger partial charge >= 0.3 is 0 Å². The van der Waals surface area contributed by atoms with E-state index in [-0.39, 0.29) is 0 Å². The van der Waals surface area contributed by atoms with Crippen molar-refractivity contribution in [3.05, 3.63) is 24.0 Å². The molecule has 1 aliphatic rings. The normalized spacial score (nSPS) is 18.2. The molecule has 1 rings (SSSR count). The minimum Gasteiger partial charge on any atom is -0.481 e. The molecular formula is C14H22O2. The van der Waals surface area contributed by atoms with Crippen LogP contribution >= 0.6 is 0 Å². The largest absolute Gasteiger partial charge is 0.481 e. The highest BCUT2D eigenvalue weighted by Gasteiger charge is 2.02. The molecular weight excluding hydrogens is 200 g/mol.